The predicted octanol–water partition coefficient (Wildman–Crippen LogP) is 4.95. The minimum Gasteiger partial charge on any atom is -0.504 e. The smallest absolute Gasteiger partial charge is 0.169 e. The van der Waals surface area contributed by atoms with Crippen molar-refractivity contribution in [3.8, 4) is 28.3 Å². The van der Waals surface area contributed by atoms with Crippen molar-refractivity contribution in [1.29, 1.82) is 0 Å². The first-order chi connectivity index (χ1) is 11.1. The van der Waals surface area contributed by atoms with Crippen molar-refractivity contribution >= 4 is 0 Å². The van der Waals surface area contributed by atoms with Crippen molar-refractivity contribution in [3.63, 3.8) is 0 Å². The molecule has 2 aromatic carbocycles. The SMILES string of the molecule is CCCn1nc(-c2ccc(C)cc2)c(O)c1-c1ccccc1C. The fraction of sp³-hybridized carbons (Fsp3) is 0.250. The van der Waals surface area contributed by atoms with E-state index in [1.165, 1.54) is 5.56 Å². The molecule has 0 saturated heterocycles. The molecule has 3 heteroatoms. The molecule has 3 nitrogen and oxygen atoms in total. The third kappa shape index (κ3) is 2.87. The molecule has 3 aromatic rings. The zero-order chi connectivity index (χ0) is 16.4. The average Bonchev–Trinajstić information content (AvgIpc) is 2.86. The first-order valence-corrected chi connectivity index (χ1v) is 8.04. The Balaban J connectivity index is 2.19. The Bertz CT molecular complexity index is 816. The molecule has 0 spiro atoms. The zero-order valence-corrected chi connectivity index (χ0v) is 13.9. The van der Waals surface area contributed by atoms with E-state index in [2.05, 4.69) is 31.9 Å². The zero-order valence-electron chi connectivity index (χ0n) is 13.9. The summed E-state index contributed by atoms with van der Waals surface area (Å²) in [5, 5.41) is 15.5. The lowest BCUT2D eigenvalue weighted by atomic mass is 10.0. The molecule has 0 saturated carbocycles. The normalized spacial score (nSPS) is 10.9. The lowest BCUT2D eigenvalue weighted by Gasteiger charge is -2.09. The molecular weight excluding hydrogens is 284 g/mol. The van der Waals surface area contributed by atoms with Gasteiger partial charge in [0.05, 0.1) is 0 Å². The molecule has 0 fully saturated rings. The standard InChI is InChI=1S/C20H22N2O/c1-4-13-22-19(17-8-6-5-7-15(17)3)20(23)18(21-22)16-11-9-14(2)10-12-16/h5-12,23H,4,13H2,1-3H3. The largest absolute Gasteiger partial charge is 0.504 e. The van der Waals surface area contributed by atoms with Crippen molar-refractivity contribution in [2.24, 2.45) is 0 Å². The van der Waals surface area contributed by atoms with E-state index >= 15 is 0 Å². The second-order valence-electron chi connectivity index (χ2n) is 5.95. The summed E-state index contributed by atoms with van der Waals surface area (Å²) in [6.45, 7) is 7.01. The van der Waals surface area contributed by atoms with Crippen LogP contribution < -0.4 is 0 Å². The van der Waals surface area contributed by atoms with Gasteiger partial charge < -0.3 is 5.11 Å². The van der Waals surface area contributed by atoms with Gasteiger partial charge >= 0.3 is 0 Å². The van der Waals surface area contributed by atoms with Crippen LogP contribution >= 0.6 is 0 Å². The number of aromatic nitrogens is 2. The summed E-state index contributed by atoms with van der Waals surface area (Å²) in [5.41, 5.74) is 5.76. The second-order valence-corrected chi connectivity index (χ2v) is 5.95. The van der Waals surface area contributed by atoms with Gasteiger partial charge in [-0.2, -0.15) is 5.10 Å². The second kappa shape index (κ2) is 6.29. The van der Waals surface area contributed by atoms with Crippen LogP contribution in [0, 0.1) is 13.8 Å². The molecule has 0 atom stereocenters. The molecule has 1 aromatic heterocycles. The molecular formula is C20H22N2O. The Morgan fingerprint density at radius 2 is 1.70 bits per heavy atom. The van der Waals surface area contributed by atoms with Gasteiger partial charge in [-0.05, 0) is 25.8 Å². The Labute approximate surface area is 137 Å². The van der Waals surface area contributed by atoms with Crippen molar-refractivity contribution in [2.75, 3.05) is 0 Å². The van der Waals surface area contributed by atoms with Crippen LogP contribution in [0.25, 0.3) is 22.5 Å². The lowest BCUT2D eigenvalue weighted by molar-refractivity contribution is 0.477. The summed E-state index contributed by atoms with van der Waals surface area (Å²) in [5.74, 6) is 0.261. The summed E-state index contributed by atoms with van der Waals surface area (Å²) in [6.07, 6.45) is 0.966. The maximum Gasteiger partial charge on any atom is 0.169 e. The van der Waals surface area contributed by atoms with E-state index in [0.29, 0.717) is 5.69 Å². The van der Waals surface area contributed by atoms with Crippen molar-refractivity contribution in [3.05, 3.63) is 59.7 Å². The van der Waals surface area contributed by atoms with Gasteiger partial charge in [-0.1, -0.05) is 61.0 Å². The molecule has 3 rings (SSSR count). The Morgan fingerprint density at radius 1 is 1.00 bits per heavy atom. The van der Waals surface area contributed by atoms with Gasteiger partial charge in [-0.25, -0.2) is 0 Å². The van der Waals surface area contributed by atoms with Gasteiger partial charge in [0.2, 0.25) is 0 Å². The third-order valence-corrected chi connectivity index (χ3v) is 4.09. The van der Waals surface area contributed by atoms with Gasteiger partial charge in [0.15, 0.2) is 5.75 Å². The Kier molecular flexibility index (Phi) is 4.20. The maximum atomic E-state index is 10.9. The van der Waals surface area contributed by atoms with Crippen LogP contribution in [0.4, 0.5) is 0 Å². The van der Waals surface area contributed by atoms with Gasteiger partial charge in [-0.3, -0.25) is 4.68 Å². The minimum absolute atomic E-state index is 0.261. The minimum atomic E-state index is 0.261. The quantitative estimate of drug-likeness (QED) is 0.740. The van der Waals surface area contributed by atoms with E-state index in [0.717, 1.165) is 35.3 Å². The van der Waals surface area contributed by atoms with Crippen LogP contribution in [-0.2, 0) is 6.54 Å². The number of hydrogen-bond acceptors (Lipinski definition) is 2. The molecule has 0 aliphatic rings. The molecule has 0 radical (unpaired) electrons. The van der Waals surface area contributed by atoms with E-state index in [9.17, 15) is 5.11 Å². The number of hydrogen-bond donors (Lipinski definition) is 1. The fourth-order valence-corrected chi connectivity index (χ4v) is 2.84. The summed E-state index contributed by atoms with van der Waals surface area (Å²) < 4.78 is 1.92. The number of rotatable bonds is 4. The first-order valence-electron chi connectivity index (χ1n) is 8.04. The number of benzene rings is 2. The summed E-state index contributed by atoms with van der Waals surface area (Å²) in [4.78, 5) is 0. The maximum absolute atomic E-state index is 10.9. The third-order valence-electron chi connectivity index (χ3n) is 4.09. The van der Waals surface area contributed by atoms with Gasteiger partial charge in [0.1, 0.15) is 11.4 Å². The Morgan fingerprint density at radius 3 is 2.35 bits per heavy atom. The topological polar surface area (TPSA) is 38.0 Å². The van der Waals surface area contributed by atoms with Crippen LogP contribution in [0.5, 0.6) is 5.75 Å². The van der Waals surface area contributed by atoms with Gasteiger partial charge in [0, 0.05) is 17.7 Å². The molecule has 1 heterocycles. The number of aromatic hydroxyl groups is 1. The van der Waals surface area contributed by atoms with Crippen molar-refractivity contribution in [1.82, 2.24) is 9.78 Å². The number of aryl methyl sites for hydroxylation is 3. The van der Waals surface area contributed by atoms with Crippen molar-refractivity contribution < 1.29 is 5.11 Å². The molecule has 0 aliphatic carbocycles. The molecule has 1 N–H and O–H groups in total. The van der Waals surface area contributed by atoms with Gasteiger partial charge in [-0.15, -0.1) is 0 Å². The fourth-order valence-electron chi connectivity index (χ4n) is 2.84. The highest BCUT2D eigenvalue weighted by Crippen LogP contribution is 2.39. The molecule has 0 amide bonds. The average molecular weight is 306 g/mol. The van der Waals surface area contributed by atoms with Crippen LogP contribution in [0.2, 0.25) is 0 Å². The van der Waals surface area contributed by atoms with Gasteiger partial charge in [0.25, 0.3) is 0 Å². The summed E-state index contributed by atoms with van der Waals surface area (Å²) in [6, 6.07) is 16.2. The van der Waals surface area contributed by atoms with E-state index in [4.69, 9.17) is 0 Å². The van der Waals surface area contributed by atoms with Crippen LogP contribution in [0.15, 0.2) is 48.5 Å². The molecule has 118 valence electrons. The highest BCUT2D eigenvalue weighted by atomic mass is 16.3. The summed E-state index contributed by atoms with van der Waals surface area (Å²) >= 11 is 0. The van der Waals surface area contributed by atoms with E-state index in [1.54, 1.807) is 0 Å². The van der Waals surface area contributed by atoms with E-state index < -0.39 is 0 Å². The van der Waals surface area contributed by atoms with Crippen molar-refractivity contribution in [2.45, 2.75) is 33.7 Å². The predicted molar refractivity (Wildman–Crippen MR) is 94.5 cm³/mol. The highest BCUT2D eigenvalue weighted by molar-refractivity contribution is 5.79. The Hall–Kier alpha value is -2.55. The van der Waals surface area contributed by atoms with Crippen LogP contribution in [0.3, 0.4) is 0 Å². The molecule has 0 unspecified atom stereocenters. The summed E-state index contributed by atoms with van der Waals surface area (Å²) in [7, 11) is 0. The van der Waals surface area contributed by atoms with E-state index in [-0.39, 0.29) is 5.75 Å². The molecule has 0 bridgehead atoms. The lowest BCUT2D eigenvalue weighted by Crippen LogP contribution is -2.02. The highest BCUT2D eigenvalue weighted by Gasteiger charge is 2.20. The monoisotopic (exact) mass is 306 g/mol. The molecule has 23 heavy (non-hydrogen) atoms. The van der Waals surface area contributed by atoms with Crippen LogP contribution in [0.1, 0.15) is 24.5 Å². The number of nitrogens with zero attached hydrogens (tertiary/aromatic N) is 2. The molecule has 0 aliphatic heterocycles. The van der Waals surface area contributed by atoms with E-state index in [1.807, 2.05) is 47.1 Å². The first kappa shape index (κ1) is 15.3. The van der Waals surface area contributed by atoms with Crippen LogP contribution in [-0.4, -0.2) is 14.9 Å².